The quantitative estimate of drug-likeness (QED) is 0.713. The standard InChI is InChI=1S/C10H9F3O2/c1-6(14)7-3-8(10(11,12)13)5-9(4-7)15-2/h3-5H,1-2H3. The Morgan fingerprint density at radius 2 is 1.87 bits per heavy atom. The highest BCUT2D eigenvalue weighted by atomic mass is 19.4. The number of hydrogen-bond donors (Lipinski definition) is 0. The van der Waals surface area contributed by atoms with Gasteiger partial charge in [-0.1, -0.05) is 0 Å². The van der Waals surface area contributed by atoms with Crippen molar-refractivity contribution in [1.29, 1.82) is 0 Å². The monoisotopic (exact) mass is 218 g/mol. The highest BCUT2D eigenvalue weighted by Crippen LogP contribution is 2.32. The van der Waals surface area contributed by atoms with E-state index in [1.807, 2.05) is 0 Å². The predicted octanol–water partition coefficient (Wildman–Crippen LogP) is 2.92. The number of benzene rings is 1. The second-order valence-corrected chi connectivity index (χ2v) is 3.00. The van der Waals surface area contributed by atoms with Gasteiger partial charge in [0.1, 0.15) is 5.75 Å². The smallest absolute Gasteiger partial charge is 0.416 e. The topological polar surface area (TPSA) is 26.3 Å². The molecule has 0 amide bonds. The van der Waals surface area contributed by atoms with Gasteiger partial charge in [0.15, 0.2) is 5.78 Å². The fraction of sp³-hybridized carbons (Fsp3) is 0.300. The fourth-order valence-corrected chi connectivity index (χ4v) is 1.08. The van der Waals surface area contributed by atoms with Crippen molar-refractivity contribution in [3.8, 4) is 5.75 Å². The summed E-state index contributed by atoms with van der Waals surface area (Å²) in [5.74, 6) is -0.408. The summed E-state index contributed by atoms with van der Waals surface area (Å²) in [5.41, 5.74) is -0.895. The zero-order chi connectivity index (χ0) is 11.6. The molecule has 0 aliphatic carbocycles. The van der Waals surface area contributed by atoms with Crippen LogP contribution in [0.25, 0.3) is 0 Å². The minimum absolute atomic E-state index is 0.0123. The number of halogens is 3. The van der Waals surface area contributed by atoms with E-state index in [9.17, 15) is 18.0 Å². The third-order valence-electron chi connectivity index (χ3n) is 1.88. The van der Waals surface area contributed by atoms with Gasteiger partial charge in [-0.3, -0.25) is 4.79 Å². The molecule has 0 unspecified atom stereocenters. The van der Waals surface area contributed by atoms with E-state index >= 15 is 0 Å². The van der Waals surface area contributed by atoms with Gasteiger partial charge in [0.05, 0.1) is 12.7 Å². The summed E-state index contributed by atoms with van der Waals surface area (Å²) >= 11 is 0. The molecule has 0 radical (unpaired) electrons. The van der Waals surface area contributed by atoms with Gasteiger partial charge in [-0.25, -0.2) is 0 Å². The van der Waals surface area contributed by atoms with Crippen molar-refractivity contribution in [2.45, 2.75) is 13.1 Å². The second kappa shape index (κ2) is 3.92. The van der Waals surface area contributed by atoms with Gasteiger partial charge in [0.2, 0.25) is 0 Å². The van der Waals surface area contributed by atoms with Crippen molar-refractivity contribution in [2.75, 3.05) is 7.11 Å². The number of alkyl halides is 3. The summed E-state index contributed by atoms with van der Waals surface area (Å²) in [5, 5.41) is 0. The molecule has 0 aromatic heterocycles. The summed E-state index contributed by atoms with van der Waals surface area (Å²) in [6, 6.07) is 2.94. The largest absolute Gasteiger partial charge is 0.497 e. The molecule has 1 aromatic rings. The molecule has 5 heteroatoms. The molecule has 0 saturated heterocycles. The van der Waals surface area contributed by atoms with Gasteiger partial charge in [-0.05, 0) is 25.1 Å². The molecule has 0 fully saturated rings. The van der Waals surface area contributed by atoms with Gasteiger partial charge < -0.3 is 4.74 Å². The summed E-state index contributed by atoms with van der Waals surface area (Å²) in [7, 11) is 1.25. The molecule has 0 bridgehead atoms. The Morgan fingerprint density at radius 3 is 2.27 bits per heavy atom. The minimum atomic E-state index is -4.47. The van der Waals surface area contributed by atoms with Crippen LogP contribution in [0.5, 0.6) is 5.75 Å². The Morgan fingerprint density at radius 1 is 1.27 bits per heavy atom. The number of methoxy groups -OCH3 is 1. The molecule has 0 aliphatic heterocycles. The summed E-state index contributed by atoms with van der Waals surface area (Å²) in [4.78, 5) is 11.0. The highest BCUT2D eigenvalue weighted by molar-refractivity contribution is 5.94. The molecule has 15 heavy (non-hydrogen) atoms. The van der Waals surface area contributed by atoms with E-state index in [4.69, 9.17) is 0 Å². The van der Waals surface area contributed by atoms with E-state index in [0.717, 1.165) is 12.1 Å². The molecule has 2 nitrogen and oxygen atoms in total. The van der Waals surface area contributed by atoms with E-state index in [0.29, 0.717) is 0 Å². The molecule has 0 heterocycles. The lowest BCUT2D eigenvalue weighted by Crippen LogP contribution is -2.07. The fourth-order valence-electron chi connectivity index (χ4n) is 1.08. The predicted molar refractivity (Wildman–Crippen MR) is 48.0 cm³/mol. The van der Waals surface area contributed by atoms with Gasteiger partial charge >= 0.3 is 6.18 Å². The normalized spacial score (nSPS) is 11.3. The minimum Gasteiger partial charge on any atom is -0.497 e. The Kier molecular flexibility index (Phi) is 3.02. The van der Waals surface area contributed by atoms with Crippen LogP contribution in [0.4, 0.5) is 13.2 Å². The van der Waals surface area contributed by atoms with Crippen LogP contribution in [0.3, 0.4) is 0 Å². The molecule has 82 valence electrons. The average molecular weight is 218 g/mol. The third kappa shape index (κ3) is 2.71. The van der Waals surface area contributed by atoms with Crippen molar-refractivity contribution in [3.63, 3.8) is 0 Å². The summed E-state index contributed by atoms with van der Waals surface area (Å²) < 4.78 is 41.8. The van der Waals surface area contributed by atoms with Crippen LogP contribution in [-0.4, -0.2) is 12.9 Å². The van der Waals surface area contributed by atoms with Gasteiger partial charge in [-0.15, -0.1) is 0 Å². The van der Waals surface area contributed by atoms with E-state index in [2.05, 4.69) is 4.74 Å². The first kappa shape index (κ1) is 11.6. The van der Waals surface area contributed by atoms with Crippen LogP contribution >= 0.6 is 0 Å². The Bertz CT molecular complexity index is 383. The maximum absolute atomic E-state index is 12.4. The molecular formula is C10H9F3O2. The lowest BCUT2D eigenvalue weighted by molar-refractivity contribution is -0.137. The maximum atomic E-state index is 12.4. The number of ketones is 1. The lowest BCUT2D eigenvalue weighted by Gasteiger charge is -2.10. The number of ether oxygens (including phenoxy) is 1. The SMILES string of the molecule is COc1cc(C(C)=O)cc(C(F)(F)F)c1. The van der Waals surface area contributed by atoms with Crippen molar-refractivity contribution >= 4 is 5.78 Å². The number of carbonyl (C=O) groups excluding carboxylic acids is 1. The molecular weight excluding hydrogens is 209 g/mol. The Hall–Kier alpha value is -1.52. The van der Waals surface area contributed by atoms with Gasteiger partial charge in [0, 0.05) is 5.56 Å². The van der Waals surface area contributed by atoms with Gasteiger partial charge in [0.25, 0.3) is 0 Å². The van der Waals surface area contributed by atoms with Crippen molar-refractivity contribution in [2.24, 2.45) is 0 Å². The first-order chi connectivity index (χ1) is 6.84. The maximum Gasteiger partial charge on any atom is 0.416 e. The Labute approximate surface area is 84.7 Å². The third-order valence-corrected chi connectivity index (χ3v) is 1.88. The second-order valence-electron chi connectivity index (χ2n) is 3.00. The van der Waals surface area contributed by atoms with Crippen molar-refractivity contribution < 1.29 is 22.7 Å². The van der Waals surface area contributed by atoms with E-state index < -0.39 is 17.5 Å². The van der Waals surface area contributed by atoms with Crippen LogP contribution in [0.2, 0.25) is 0 Å². The van der Waals surface area contributed by atoms with Crippen LogP contribution in [0, 0.1) is 0 Å². The highest BCUT2D eigenvalue weighted by Gasteiger charge is 2.31. The molecule has 0 atom stereocenters. The molecule has 0 aliphatic rings. The van der Waals surface area contributed by atoms with E-state index in [1.165, 1.54) is 20.1 Å². The first-order valence-electron chi connectivity index (χ1n) is 4.12. The average Bonchev–Trinajstić information content (AvgIpc) is 2.15. The number of Topliss-reactive ketones (excluding diaryl/α,β-unsaturated/α-hetero) is 1. The lowest BCUT2D eigenvalue weighted by atomic mass is 10.1. The van der Waals surface area contributed by atoms with Gasteiger partial charge in [-0.2, -0.15) is 13.2 Å². The Balaban J connectivity index is 3.30. The van der Waals surface area contributed by atoms with Crippen LogP contribution in [0.15, 0.2) is 18.2 Å². The number of rotatable bonds is 2. The summed E-state index contributed by atoms with van der Waals surface area (Å²) in [6.45, 7) is 1.20. The van der Waals surface area contributed by atoms with Crippen LogP contribution in [-0.2, 0) is 6.18 Å². The van der Waals surface area contributed by atoms with Crippen molar-refractivity contribution in [1.82, 2.24) is 0 Å². The van der Waals surface area contributed by atoms with Crippen molar-refractivity contribution in [3.05, 3.63) is 29.3 Å². The zero-order valence-electron chi connectivity index (χ0n) is 8.18. The molecule has 1 aromatic carbocycles. The molecule has 0 spiro atoms. The van der Waals surface area contributed by atoms with Crippen LogP contribution in [0.1, 0.15) is 22.8 Å². The van der Waals surface area contributed by atoms with E-state index in [-0.39, 0.29) is 11.3 Å². The summed E-state index contributed by atoms with van der Waals surface area (Å²) in [6.07, 6.45) is -4.47. The van der Waals surface area contributed by atoms with E-state index in [1.54, 1.807) is 0 Å². The molecule has 1 rings (SSSR count). The molecule has 0 saturated carbocycles. The first-order valence-corrected chi connectivity index (χ1v) is 4.12. The number of carbonyl (C=O) groups is 1. The molecule has 0 N–H and O–H groups in total. The van der Waals surface area contributed by atoms with Crippen LogP contribution < -0.4 is 4.74 Å². The zero-order valence-corrected chi connectivity index (χ0v) is 8.18. The number of hydrogen-bond acceptors (Lipinski definition) is 2.